The summed E-state index contributed by atoms with van der Waals surface area (Å²) in [5.41, 5.74) is 0. The van der Waals surface area contributed by atoms with E-state index < -0.39 is 0 Å². The highest BCUT2D eigenvalue weighted by Gasteiger charge is 2.25. The molecule has 0 unspecified atom stereocenters. The van der Waals surface area contributed by atoms with Crippen molar-refractivity contribution < 1.29 is 4.42 Å². The Morgan fingerprint density at radius 2 is 2.27 bits per heavy atom. The maximum Gasteiger partial charge on any atom is 0.134 e. The van der Waals surface area contributed by atoms with Crippen LogP contribution < -0.4 is 15.5 Å². The fraction of sp³-hybridized carbons (Fsp3) is 0.500. The molecule has 0 aromatic carbocycles. The molecule has 1 aliphatic heterocycles. The van der Waals surface area contributed by atoms with Crippen LogP contribution in [0.2, 0.25) is 0 Å². The van der Waals surface area contributed by atoms with Gasteiger partial charge in [0.05, 0.1) is 6.54 Å². The lowest BCUT2D eigenvalue weighted by atomic mass is 10.2. The van der Waals surface area contributed by atoms with E-state index in [0.29, 0.717) is 6.04 Å². The Morgan fingerprint density at radius 3 is 3.05 bits per heavy atom. The van der Waals surface area contributed by atoms with E-state index in [-0.39, 0.29) is 0 Å². The van der Waals surface area contributed by atoms with Crippen molar-refractivity contribution in [1.29, 1.82) is 0 Å². The van der Waals surface area contributed by atoms with Gasteiger partial charge in [-0.1, -0.05) is 0 Å². The van der Waals surface area contributed by atoms with E-state index in [2.05, 4.69) is 25.5 Å². The predicted octanol–water partition coefficient (Wildman–Crippen LogP) is 2.18. The van der Waals surface area contributed by atoms with Crippen molar-refractivity contribution in [3.63, 3.8) is 0 Å². The Morgan fingerprint density at radius 1 is 1.36 bits per heavy atom. The number of rotatable bonds is 6. The summed E-state index contributed by atoms with van der Waals surface area (Å²) in [6, 6.07) is 6.50. The van der Waals surface area contributed by atoms with Gasteiger partial charge in [0.25, 0.3) is 0 Å². The molecule has 0 radical (unpaired) electrons. The van der Waals surface area contributed by atoms with Crippen LogP contribution in [0.5, 0.6) is 0 Å². The second-order valence-electron chi connectivity index (χ2n) is 5.64. The first-order valence-corrected chi connectivity index (χ1v) is 7.79. The Hall–Kier alpha value is -2.08. The first kappa shape index (κ1) is 14.8. The van der Waals surface area contributed by atoms with Gasteiger partial charge in [0.15, 0.2) is 0 Å². The summed E-state index contributed by atoms with van der Waals surface area (Å²) in [6.07, 6.45) is 4.00. The van der Waals surface area contributed by atoms with Gasteiger partial charge in [-0.25, -0.2) is 9.97 Å². The molecule has 0 amide bonds. The molecule has 1 saturated heterocycles. The number of hydrogen-bond acceptors (Lipinski definition) is 6. The van der Waals surface area contributed by atoms with Crippen molar-refractivity contribution in [3.8, 4) is 0 Å². The third kappa shape index (κ3) is 3.39. The second kappa shape index (κ2) is 6.79. The molecule has 0 spiro atoms. The summed E-state index contributed by atoms with van der Waals surface area (Å²) >= 11 is 0. The van der Waals surface area contributed by atoms with E-state index in [1.807, 2.05) is 32.2 Å². The van der Waals surface area contributed by atoms with Gasteiger partial charge < -0.3 is 20.0 Å². The summed E-state index contributed by atoms with van der Waals surface area (Å²) in [7, 11) is 1.88. The number of anilines is 2. The number of nitrogens with zero attached hydrogens (tertiary/aromatic N) is 3. The maximum absolute atomic E-state index is 5.58. The topological polar surface area (TPSA) is 66.2 Å². The van der Waals surface area contributed by atoms with Gasteiger partial charge in [0.2, 0.25) is 0 Å². The smallest absolute Gasteiger partial charge is 0.134 e. The van der Waals surface area contributed by atoms with Crippen molar-refractivity contribution in [3.05, 3.63) is 36.0 Å². The summed E-state index contributed by atoms with van der Waals surface area (Å²) in [6.45, 7) is 4.71. The fourth-order valence-electron chi connectivity index (χ4n) is 2.93. The zero-order valence-electron chi connectivity index (χ0n) is 13.2. The molecule has 2 aromatic heterocycles. The molecule has 2 N–H and O–H groups in total. The molecule has 3 heterocycles. The highest BCUT2D eigenvalue weighted by atomic mass is 16.3. The maximum atomic E-state index is 5.58. The highest BCUT2D eigenvalue weighted by molar-refractivity contribution is 5.49. The highest BCUT2D eigenvalue weighted by Crippen LogP contribution is 2.24. The van der Waals surface area contributed by atoms with Crippen LogP contribution in [0, 0.1) is 6.92 Å². The monoisotopic (exact) mass is 301 g/mol. The molecular weight excluding hydrogens is 278 g/mol. The van der Waals surface area contributed by atoms with Gasteiger partial charge in [0, 0.05) is 32.2 Å². The molecule has 118 valence electrons. The summed E-state index contributed by atoms with van der Waals surface area (Å²) in [4.78, 5) is 11.0. The fourth-order valence-corrected chi connectivity index (χ4v) is 2.93. The molecule has 2 aromatic rings. The van der Waals surface area contributed by atoms with Gasteiger partial charge in [-0.05, 0) is 31.9 Å². The van der Waals surface area contributed by atoms with Crippen LogP contribution >= 0.6 is 0 Å². The quantitative estimate of drug-likeness (QED) is 0.852. The summed E-state index contributed by atoms with van der Waals surface area (Å²) in [5, 5.41) is 6.56. The van der Waals surface area contributed by atoms with Gasteiger partial charge in [-0.2, -0.15) is 0 Å². The van der Waals surface area contributed by atoms with Crippen LogP contribution in [0.4, 0.5) is 11.6 Å². The molecule has 6 heteroatoms. The molecule has 22 heavy (non-hydrogen) atoms. The van der Waals surface area contributed by atoms with Gasteiger partial charge in [0.1, 0.15) is 29.5 Å². The number of aromatic nitrogens is 2. The van der Waals surface area contributed by atoms with E-state index in [1.165, 1.54) is 12.8 Å². The molecule has 3 rings (SSSR count). The summed E-state index contributed by atoms with van der Waals surface area (Å²) < 4.78 is 5.58. The van der Waals surface area contributed by atoms with Crippen molar-refractivity contribution in [1.82, 2.24) is 15.3 Å². The van der Waals surface area contributed by atoms with Crippen molar-refractivity contribution >= 4 is 11.6 Å². The molecule has 0 saturated carbocycles. The zero-order chi connectivity index (χ0) is 15.4. The number of furan rings is 1. The minimum Gasteiger partial charge on any atom is -0.465 e. The molecular formula is C16H23N5O. The minimum atomic E-state index is 0.468. The molecule has 1 aliphatic rings. The summed E-state index contributed by atoms with van der Waals surface area (Å²) in [5.74, 6) is 3.80. The third-order valence-electron chi connectivity index (χ3n) is 4.06. The van der Waals surface area contributed by atoms with E-state index in [0.717, 1.165) is 42.8 Å². The zero-order valence-corrected chi connectivity index (χ0v) is 13.2. The van der Waals surface area contributed by atoms with Gasteiger partial charge in [-0.15, -0.1) is 0 Å². The van der Waals surface area contributed by atoms with Crippen LogP contribution in [0.15, 0.2) is 28.9 Å². The van der Waals surface area contributed by atoms with Gasteiger partial charge in [-0.3, -0.25) is 0 Å². The van der Waals surface area contributed by atoms with Crippen molar-refractivity contribution in [2.75, 3.05) is 30.4 Å². The Balaban J connectivity index is 1.58. The van der Waals surface area contributed by atoms with E-state index >= 15 is 0 Å². The van der Waals surface area contributed by atoms with E-state index in [1.54, 1.807) is 6.33 Å². The van der Waals surface area contributed by atoms with Crippen LogP contribution in [0.25, 0.3) is 0 Å². The average Bonchev–Trinajstić information content (AvgIpc) is 3.16. The van der Waals surface area contributed by atoms with Crippen LogP contribution in [-0.2, 0) is 6.54 Å². The molecule has 6 nitrogen and oxygen atoms in total. The average molecular weight is 301 g/mol. The normalized spacial score (nSPS) is 17.9. The Bertz CT molecular complexity index is 612. The molecule has 0 bridgehead atoms. The first-order valence-electron chi connectivity index (χ1n) is 7.79. The minimum absolute atomic E-state index is 0.468. The van der Waals surface area contributed by atoms with Crippen LogP contribution in [0.3, 0.4) is 0 Å². The first-order chi connectivity index (χ1) is 10.8. The lowest BCUT2D eigenvalue weighted by Gasteiger charge is -2.26. The van der Waals surface area contributed by atoms with Crippen LogP contribution in [0.1, 0.15) is 24.4 Å². The Kier molecular flexibility index (Phi) is 4.58. The Labute approximate surface area is 130 Å². The van der Waals surface area contributed by atoms with Crippen molar-refractivity contribution in [2.24, 2.45) is 0 Å². The van der Waals surface area contributed by atoms with E-state index in [9.17, 15) is 0 Å². The number of nitrogens with one attached hydrogen (secondary N) is 2. The third-order valence-corrected chi connectivity index (χ3v) is 4.06. The SMILES string of the molecule is CNc1cc(N2CCC[C@@H]2CNCc2ccc(C)o2)ncn1. The van der Waals surface area contributed by atoms with Crippen LogP contribution in [-0.4, -0.2) is 36.1 Å². The lowest BCUT2D eigenvalue weighted by Crippen LogP contribution is -2.38. The molecule has 1 atom stereocenters. The number of hydrogen-bond donors (Lipinski definition) is 2. The standard InChI is InChI=1S/C16H23N5O/c1-12-5-6-14(22-12)10-18-9-13-4-3-7-21(13)16-8-15(17-2)19-11-20-16/h5-6,8,11,13,18H,3-4,7,9-10H2,1-2H3,(H,17,19,20)/t13-/m1/s1. The van der Waals surface area contributed by atoms with E-state index in [4.69, 9.17) is 4.42 Å². The predicted molar refractivity (Wildman–Crippen MR) is 87.1 cm³/mol. The molecule has 1 fully saturated rings. The largest absolute Gasteiger partial charge is 0.465 e. The van der Waals surface area contributed by atoms with Crippen molar-refractivity contribution in [2.45, 2.75) is 32.4 Å². The number of aryl methyl sites for hydroxylation is 1. The molecule has 0 aliphatic carbocycles. The lowest BCUT2D eigenvalue weighted by molar-refractivity contribution is 0.453. The van der Waals surface area contributed by atoms with Gasteiger partial charge >= 0.3 is 0 Å². The second-order valence-corrected chi connectivity index (χ2v) is 5.64.